The monoisotopic (exact) mass is 276 g/mol. The summed E-state index contributed by atoms with van der Waals surface area (Å²) < 4.78 is 12.9. The van der Waals surface area contributed by atoms with Gasteiger partial charge in [-0.3, -0.25) is 9.69 Å². The second-order valence-corrected chi connectivity index (χ2v) is 6.08. The Balaban J connectivity index is 1.60. The minimum Gasteiger partial charge on any atom is -0.351 e. The number of rotatable bonds is 2. The maximum Gasteiger partial charge on any atom is 0.220 e. The van der Waals surface area contributed by atoms with Crippen LogP contribution >= 0.6 is 0 Å². The number of nitrogens with one attached hydrogen (secondary N) is 1. The van der Waals surface area contributed by atoms with Crippen LogP contribution in [-0.2, 0) is 11.3 Å². The van der Waals surface area contributed by atoms with Gasteiger partial charge >= 0.3 is 0 Å². The molecule has 1 aromatic carbocycles. The van der Waals surface area contributed by atoms with E-state index in [4.69, 9.17) is 0 Å². The molecule has 108 valence electrons. The van der Waals surface area contributed by atoms with Gasteiger partial charge in [0.15, 0.2) is 0 Å². The average molecular weight is 276 g/mol. The molecule has 1 aromatic rings. The predicted molar refractivity (Wildman–Crippen MR) is 75.6 cm³/mol. The number of carbonyl (C=O) groups is 1. The van der Waals surface area contributed by atoms with Gasteiger partial charge in [-0.2, -0.15) is 0 Å². The van der Waals surface area contributed by atoms with Gasteiger partial charge in [0.25, 0.3) is 0 Å². The normalized spacial score (nSPS) is 27.6. The molecule has 1 amide bonds. The number of hydrogen-bond acceptors (Lipinski definition) is 2. The molecule has 0 aliphatic carbocycles. The highest BCUT2D eigenvalue weighted by atomic mass is 19.1. The van der Waals surface area contributed by atoms with Gasteiger partial charge in [-0.05, 0) is 49.9 Å². The number of halogens is 1. The molecular formula is C16H21FN2O. The van der Waals surface area contributed by atoms with E-state index in [0.717, 1.165) is 50.9 Å². The third kappa shape index (κ3) is 3.01. The van der Waals surface area contributed by atoms with Crippen LogP contribution in [0.15, 0.2) is 24.3 Å². The minimum atomic E-state index is -0.183. The summed E-state index contributed by atoms with van der Waals surface area (Å²) in [7, 11) is 0. The molecule has 1 spiro atoms. The van der Waals surface area contributed by atoms with Crippen molar-refractivity contribution < 1.29 is 9.18 Å². The van der Waals surface area contributed by atoms with Crippen molar-refractivity contribution in [3.05, 3.63) is 35.6 Å². The van der Waals surface area contributed by atoms with Crippen LogP contribution in [0.4, 0.5) is 4.39 Å². The van der Waals surface area contributed by atoms with Gasteiger partial charge < -0.3 is 5.32 Å². The molecule has 20 heavy (non-hydrogen) atoms. The quantitative estimate of drug-likeness (QED) is 0.900. The maximum absolute atomic E-state index is 12.9. The molecule has 2 aliphatic rings. The van der Waals surface area contributed by atoms with Crippen molar-refractivity contribution in [3.63, 3.8) is 0 Å². The Morgan fingerprint density at radius 3 is 2.65 bits per heavy atom. The fourth-order valence-electron chi connectivity index (χ4n) is 3.40. The zero-order valence-electron chi connectivity index (χ0n) is 11.7. The van der Waals surface area contributed by atoms with Crippen molar-refractivity contribution in [1.82, 2.24) is 10.2 Å². The van der Waals surface area contributed by atoms with Gasteiger partial charge in [0.05, 0.1) is 0 Å². The topological polar surface area (TPSA) is 32.3 Å². The lowest BCUT2D eigenvalue weighted by Crippen LogP contribution is -2.42. The average Bonchev–Trinajstić information content (AvgIpc) is 2.68. The third-order valence-corrected chi connectivity index (χ3v) is 4.59. The van der Waals surface area contributed by atoms with E-state index in [2.05, 4.69) is 10.2 Å². The minimum absolute atomic E-state index is 0.0502. The molecule has 2 saturated heterocycles. The number of amides is 1. The van der Waals surface area contributed by atoms with E-state index >= 15 is 0 Å². The van der Waals surface area contributed by atoms with Crippen molar-refractivity contribution in [3.8, 4) is 0 Å². The van der Waals surface area contributed by atoms with Gasteiger partial charge in [0.1, 0.15) is 5.82 Å². The van der Waals surface area contributed by atoms with Crippen molar-refractivity contribution in [2.75, 3.05) is 13.1 Å². The van der Waals surface area contributed by atoms with Crippen molar-refractivity contribution >= 4 is 5.91 Å². The summed E-state index contributed by atoms with van der Waals surface area (Å²) in [6, 6.07) is 6.75. The summed E-state index contributed by atoms with van der Waals surface area (Å²) in [5.41, 5.74) is 1.20. The Morgan fingerprint density at radius 2 is 1.95 bits per heavy atom. The number of benzene rings is 1. The van der Waals surface area contributed by atoms with Gasteiger partial charge in [0, 0.05) is 25.0 Å². The van der Waals surface area contributed by atoms with Gasteiger partial charge in [-0.1, -0.05) is 12.1 Å². The van der Waals surface area contributed by atoms with Crippen LogP contribution < -0.4 is 5.32 Å². The Hall–Kier alpha value is -1.42. The Morgan fingerprint density at radius 1 is 1.15 bits per heavy atom. The maximum atomic E-state index is 12.9. The van der Waals surface area contributed by atoms with Crippen LogP contribution in [0.2, 0.25) is 0 Å². The molecule has 0 bridgehead atoms. The summed E-state index contributed by atoms with van der Waals surface area (Å²) in [4.78, 5) is 13.9. The van der Waals surface area contributed by atoms with E-state index in [1.54, 1.807) is 0 Å². The zero-order valence-corrected chi connectivity index (χ0v) is 11.7. The first-order chi connectivity index (χ1) is 9.65. The summed E-state index contributed by atoms with van der Waals surface area (Å²) >= 11 is 0. The molecule has 0 saturated carbocycles. The molecule has 1 atom stereocenters. The molecule has 2 aliphatic heterocycles. The van der Waals surface area contributed by atoms with Crippen molar-refractivity contribution in [2.45, 2.75) is 44.2 Å². The van der Waals surface area contributed by atoms with Crippen molar-refractivity contribution in [1.29, 1.82) is 0 Å². The summed E-state index contributed by atoms with van der Waals surface area (Å²) in [6.45, 7) is 2.91. The molecular weight excluding hydrogens is 255 g/mol. The highest BCUT2D eigenvalue weighted by Crippen LogP contribution is 2.31. The first-order valence-electron chi connectivity index (χ1n) is 7.43. The first-order valence-corrected chi connectivity index (χ1v) is 7.43. The molecule has 3 rings (SSSR count). The molecule has 4 heteroatoms. The molecule has 3 nitrogen and oxygen atoms in total. The highest BCUT2D eigenvalue weighted by Gasteiger charge is 2.38. The van der Waals surface area contributed by atoms with Crippen molar-refractivity contribution in [2.24, 2.45) is 0 Å². The molecule has 0 aromatic heterocycles. The lowest BCUT2D eigenvalue weighted by atomic mass is 9.89. The summed E-state index contributed by atoms with van der Waals surface area (Å²) in [6.07, 6.45) is 4.88. The van der Waals surface area contributed by atoms with Gasteiger partial charge in [0.2, 0.25) is 5.91 Å². The summed E-state index contributed by atoms with van der Waals surface area (Å²) in [5, 5.41) is 3.19. The Bertz CT molecular complexity index is 488. The number of nitrogens with zero attached hydrogens (tertiary/aromatic N) is 1. The van der Waals surface area contributed by atoms with Crippen LogP contribution in [0.1, 0.15) is 37.7 Å². The van der Waals surface area contributed by atoms with E-state index in [9.17, 15) is 9.18 Å². The van der Waals surface area contributed by atoms with Crippen LogP contribution in [0, 0.1) is 5.82 Å². The van der Waals surface area contributed by atoms with Gasteiger partial charge in [-0.25, -0.2) is 4.39 Å². The zero-order chi connectivity index (χ0) is 14.0. The number of likely N-dealkylation sites (tertiary alicyclic amines) is 1. The number of hydrogen-bond donors (Lipinski definition) is 1. The second kappa shape index (κ2) is 5.52. The standard InChI is InChI=1S/C16H21FN2O/c17-14-4-2-13(3-5-14)12-19-10-1-7-16(9-11-19)8-6-15(20)18-16/h2-5H,1,6-12H2,(H,18,20)/t16-/m0/s1. The van der Waals surface area contributed by atoms with Crippen LogP contribution in [0.25, 0.3) is 0 Å². The molecule has 2 heterocycles. The fraction of sp³-hybridized carbons (Fsp3) is 0.562. The smallest absolute Gasteiger partial charge is 0.220 e. The van der Waals surface area contributed by atoms with E-state index in [1.165, 1.54) is 12.1 Å². The van der Waals surface area contributed by atoms with Crippen LogP contribution in [0.5, 0.6) is 0 Å². The third-order valence-electron chi connectivity index (χ3n) is 4.59. The SMILES string of the molecule is O=C1CC[C@]2(CCCN(Cc3ccc(F)cc3)CC2)N1. The largest absolute Gasteiger partial charge is 0.351 e. The molecule has 2 fully saturated rings. The highest BCUT2D eigenvalue weighted by molar-refractivity contribution is 5.79. The molecule has 0 unspecified atom stereocenters. The Labute approximate surface area is 119 Å². The molecule has 0 radical (unpaired) electrons. The fourth-order valence-corrected chi connectivity index (χ4v) is 3.40. The lowest BCUT2D eigenvalue weighted by Gasteiger charge is -2.27. The van der Waals surface area contributed by atoms with Crippen LogP contribution in [0.3, 0.4) is 0 Å². The van der Waals surface area contributed by atoms with E-state index in [-0.39, 0.29) is 17.3 Å². The van der Waals surface area contributed by atoms with E-state index < -0.39 is 0 Å². The first kappa shape index (κ1) is 13.6. The van der Waals surface area contributed by atoms with Gasteiger partial charge in [-0.15, -0.1) is 0 Å². The second-order valence-electron chi connectivity index (χ2n) is 6.08. The van der Waals surface area contributed by atoms with E-state index in [1.807, 2.05) is 12.1 Å². The predicted octanol–water partition coefficient (Wildman–Crippen LogP) is 2.46. The Kier molecular flexibility index (Phi) is 3.74. The number of carbonyl (C=O) groups excluding carboxylic acids is 1. The van der Waals surface area contributed by atoms with Crippen LogP contribution in [-0.4, -0.2) is 29.4 Å². The lowest BCUT2D eigenvalue weighted by molar-refractivity contribution is -0.119. The van der Waals surface area contributed by atoms with E-state index in [0.29, 0.717) is 6.42 Å². The molecule has 1 N–H and O–H groups in total. The summed E-state index contributed by atoms with van der Waals surface area (Å²) in [5.74, 6) is 0.0224.